The molecule has 0 radical (unpaired) electrons. The topological polar surface area (TPSA) is 78.5 Å². The van der Waals surface area contributed by atoms with Gasteiger partial charge in [0.15, 0.2) is 0 Å². The number of benzene rings is 1. The van der Waals surface area contributed by atoms with Gasteiger partial charge in [-0.3, -0.25) is 14.4 Å². The van der Waals surface area contributed by atoms with Crippen LogP contribution in [0.15, 0.2) is 24.3 Å². The number of hydrogen-bond acceptors (Lipinski definition) is 3. The lowest BCUT2D eigenvalue weighted by atomic mass is 9.88. The first-order valence-corrected chi connectivity index (χ1v) is 12.6. The van der Waals surface area contributed by atoms with E-state index in [1.54, 1.807) is 0 Å². The fraction of sp³-hybridized carbons (Fsp3) is 0.654. The summed E-state index contributed by atoms with van der Waals surface area (Å²) in [6.07, 6.45) is 10.1. The van der Waals surface area contributed by atoms with Gasteiger partial charge in [0.05, 0.1) is 5.92 Å². The van der Waals surface area contributed by atoms with E-state index in [4.69, 9.17) is 0 Å². The number of rotatable bonds is 9. The number of likely N-dealkylation sites (tertiary alicyclic amines) is 1. The third kappa shape index (κ3) is 7.54. The van der Waals surface area contributed by atoms with Gasteiger partial charge in [-0.2, -0.15) is 0 Å². The van der Waals surface area contributed by atoms with E-state index in [2.05, 4.69) is 17.6 Å². The average Bonchev–Trinajstić information content (AvgIpc) is 2.83. The number of unbranched alkanes of at least 4 members (excludes halogenated alkanes) is 3. The van der Waals surface area contributed by atoms with Crippen LogP contribution in [-0.2, 0) is 9.59 Å². The lowest BCUT2D eigenvalue weighted by molar-refractivity contribution is -0.136. The molecule has 1 aliphatic carbocycles. The molecule has 0 bridgehead atoms. The van der Waals surface area contributed by atoms with E-state index >= 15 is 0 Å². The second kappa shape index (κ2) is 12.7. The molecule has 33 heavy (non-hydrogen) atoms. The van der Waals surface area contributed by atoms with Gasteiger partial charge in [0.2, 0.25) is 11.8 Å². The largest absolute Gasteiger partial charge is 0.351 e. The summed E-state index contributed by atoms with van der Waals surface area (Å²) < 4.78 is 13.2. The number of halogens is 1. The highest BCUT2D eigenvalue weighted by Crippen LogP contribution is 2.22. The molecule has 1 aromatic rings. The number of hydrogen-bond donors (Lipinski definition) is 2. The van der Waals surface area contributed by atoms with E-state index in [0.29, 0.717) is 18.5 Å². The first-order valence-electron chi connectivity index (χ1n) is 12.6. The van der Waals surface area contributed by atoms with E-state index < -0.39 is 0 Å². The molecule has 1 aliphatic heterocycles. The third-order valence-electron chi connectivity index (χ3n) is 6.91. The number of carbonyl (C=O) groups excluding carboxylic acids is 3. The zero-order valence-corrected chi connectivity index (χ0v) is 19.8. The minimum absolute atomic E-state index is 0.0218. The summed E-state index contributed by atoms with van der Waals surface area (Å²) in [5.41, 5.74) is 0.410. The Balaban J connectivity index is 1.52. The highest BCUT2D eigenvalue weighted by atomic mass is 19.1. The van der Waals surface area contributed by atoms with Crippen molar-refractivity contribution in [2.75, 3.05) is 13.1 Å². The summed E-state index contributed by atoms with van der Waals surface area (Å²) in [5.74, 6) is -0.695. The highest BCUT2D eigenvalue weighted by Gasteiger charge is 2.33. The van der Waals surface area contributed by atoms with Crippen molar-refractivity contribution in [2.24, 2.45) is 5.92 Å². The minimum Gasteiger partial charge on any atom is -0.351 e. The Morgan fingerprint density at radius 2 is 1.64 bits per heavy atom. The summed E-state index contributed by atoms with van der Waals surface area (Å²) in [7, 11) is 0. The number of nitrogens with zero attached hydrogens (tertiary/aromatic N) is 1. The Bertz CT molecular complexity index is 798. The number of piperidine rings is 1. The van der Waals surface area contributed by atoms with Crippen LogP contribution in [0.4, 0.5) is 4.39 Å². The van der Waals surface area contributed by atoms with E-state index in [0.717, 1.165) is 70.8 Å². The molecule has 7 heteroatoms. The van der Waals surface area contributed by atoms with Crippen LogP contribution in [0.25, 0.3) is 0 Å². The van der Waals surface area contributed by atoms with Crippen LogP contribution < -0.4 is 10.6 Å². The van der Waals surface area contributed by atoms with Crippen LogP contribution in [0, 0.1) is 11.7 Å². The van der Waals surface area contributed by atoms with Crippen molar-refractivity contribution in [3.05, 3.63) is 35.6 Å². The van der Waals surface area contributed by atoms with Gasteiger partial charge in [-0.05, 0) is 56.4 Å². The summed E-state index contributed by atoms with van der Waals surface area (Å²) >= 11 is 0. The lowest BCUT2D eigenvalue weighted by Crippen LogP contribution is -2.55. The number of carbonyl (C=O) groups is 3. The van der Waals surface area contributed by atoms with Crippen molar-refractivity contribution in [2.45, 2.75) is 89.6 Å². The third-order valence-corrected chi connectivity index (χ3v) is 6.91. The zero-order valence-electron chi connectivity index (χ0n) is 19.8. The average molecular weight is 460 g/mol. The maximum absolute atomic E-state index is 13.2. The fourth-order valence-corrected chi connectivity index (χ4v) is 4.91. The molecular weight excluding hydrogens is 421 g/mol. The van der Waals surface area contributed by atoms with E-state index in [1.807, 2.05) is 4.90 Å². The molecule has 0 aromatic heterocycles. The molecule has 1 saturated carbocycles. The van der Waals surface area contributed by atoms with Crippen molar-refractivity contribution >= 4 is 17.7 Å². The molecule has 1 heterocycles. The first-order chi connectivity index (χ1) is 16.0. The molecule has 3 amide bonds. The molecule has 0 unspecified atom stereocenters. The molecule has 2 N–H and O–H groups in total. The van der Waals surface area contributed by atoms with Crippen LogP contribution in [0.5, 0.6) is 0 Å². The first kappa shape index (κ1) is 25.2. The molecule has 2 aliphatic rings. The lowest BCUT2D eigenvalue weighted by Gasteiger charge is -2.36. The summed E-state index contributed by atoms with van der Waals surface area (Å²) in [5, 5.41) is 6.21. The summed E-state index contributed by atoms with van der Waals surface area (Å²) in [6, 6.07) is 5.20. The predicted octanol–water partition coefficient (Wildman–Crippen LogP) is 4.19. The van der Waals surface area contributed by atoms with Crippen molar-refractivity contribution in [3.8, 4) is 0 Å². The molecule has 1 aromatic carbocycles. The maximum atomic E-state index is 13.2. The Morgan fingerprint density at radius 3 is 2.33 bits per heavy atom. The van der Waals surface area contributed by atoms with E-state index in [1.165, 1.54) is 24.3 Å². The Hall–Kier alpha value is -2.44. The van der Waals surface area contributed by atoms with Gasteiger partial charge in [0.1, 0.15) is 5.82 Å². The molecule has 3 rings (SSSR count). The van der Waals surface area contributed by atoms with Crippen LogP contribution in [0.2, 0.25) is 0 Å². The second-order valence-corrected chi connectivity index (χ2v) is 9.48. The van der Waals surface area contributed by atoms with E-state index in [9.17, 15) is 18.8 Å². The molecule has 6 nitrogen and oxygen atoms in total. The quantitative estimate of drug-likeness (QED) is 0.544. The molecule has 3 atom stereocenters. The van der Waals surface area contributed by atoms with Gasteiger partial charge < -0.3 is 15.5 Å². The molecule has 2 fully saturated rings. The van der Waals surface area contributed by atoms with Gasteiger partial charge >= 0.3 is 0 Å². The van der Waals surface area contributed by atoms with Gasteiger partial charge in [-0.1, -0.05) is 39.0 Å². The second-order valence-electron chi connectivity index (χ2n) is 9.48. The molecule has 1 saturated heterocycles. The van der Waals surface area contributed by atoms with Crippen LogP contribution in [-0.4, -0.2) is 47.8 Å². The van der Waals surface area contributed by atoms with Crippen molar-refractivity contribution in [1.29, 1.82) is 0 Å². The molecule has 0 spiro atoms. The van der Waals surface area contributed by atoms with Crippen LogP contribution in [0.3, 0.4) is 0 Å². The maximum Gasteiger partial charge on any atom is 0.251 e. The van der Waals surface area contributed by atoms with Gasteiger partial charge in [0, 0.05) is 37.2 Å². The van der Waals surface area contributed by atoms with Crippen LogP contribution >= 0.6 is 0 Å². The Morgan fingerprint density at radius 1 is 0.939 bits per heavy atom. The Labute approximate surface area is 196 Å². The van der Waals surface area contributed by atoms with Crippen molar-refractivity contribution in [1.82, 2.24) is 15.5 Å². The zero-order chi connectivity index (χ0) is 23.6. The normalized spacial score (nSPS) is 23.1. The number of nitrogens with one attached hydrogen (secondary N) is 2. The van der Waals surface area contributed by atoms with Crippen molar-refractivity contribution in [3.63, 3.8) is 0 Å². The van der Waals surface area contributed by atoms with Gasteiger partial charge in [-0.15, -0.1) is 0 Å². The Kier molecular flexibility index (Phi) is 9.70. The summed E-state index contributed by atoms with van der Waals surface area (Å²) in [4.78, 5) is 40.1. The fourth-order valence-electron chi connectivity index (χ4n) is 4.91. The highest BCUT2D eigenvalue weighted by molar-refractivity contribution is 5.94. The number of amides is 3. The molecule has 182 valence electrons. The standard InChI is InChI=1S/C26H38FN3O3/c1-2-3-4-5-12-24(31)30-17-8-9-20(18-30)26(33)29-23-11-7-6-10-22(23)28-25(32)19-13-15-21(27)16-14-19/h13-16,20,22-23H,2-12,17-18H2,1H3,(H,28,32)(H,29,33)/t20-,22-,23-/m1/s1. The van der Waals surface area contributed by atoms with Crippen LogP contribution in [0.1, 0.15) is 87.9 Å². The monoisotopic (exact) mass is 459 g/mol. The SMILES string of the molecule is CCCCCCC(=O)N1CCC[C@@H](C(=O)N[C@@H]2CCCC[C@H]2NC(=O)c2ccc(F)cc2)C1. The molecular formula is C26H38FN3O3. The van der Waals surface area contributed by atoms with Gasteiger partial charge in [-0.25, -0.2) is 4.39 Å². The van der Waals surface area contributed by atoms with E-state index in [-0.39, 0.29) is 41.5 Å². The smallest absolute Gasteiger partial charge is 0.251 e. The predicted molar refractivity (Wildman–Crippen MR) is 126 cm³/mol. The van der Waals surface area contributed by atoms with Gasteiger partial charge in [0.25, 0.3) is 5.91 Å². The minimum atomic E-state index is -0.379. The van der Waals surface area contributed by atoms with Crippen molar-refractivity contribution < 1.29 is 18.8 Å². The summed E-state index contributed by atoms with van der Waals surface area (Å²) in [6.45, 7) is 3.37.